The Morgan fingerprint density at radius 2 is 2.17 bits per heavy atom. The van der Waals surface area contributed by atoms with Crippen LogP contribution >= 0.6 is 0 Å². The van der Waals surface area contributed by atoms with Gasteiger partial charge >= 0.3 is 6.09 Å². The highest BCUT2D eigenvalue weighted by Gasteiger charge is 2.21. The maximum Gasteiger partial charge on any atom is 0.451 e. The zero-order valence-electron chi connectivity index (χ0n) is 8.00. The molecule has 0 rings (SSSR count). The molecule has 0 saturated heterocycles. The normalized spacial score (nSPS) is 13.8. The second kappa shape index (κ2) is 4.27. The van der Waals surface area contributed by atoms with E-state index in [0.29, 0.717) is 6.54 Å². The fourth-order valence-corrected chi connectivity index (χ4v) is 0.999. The fourth-order valence-electron chi connectivity index (χ4n) is 0.999. The molecule has 0 bridgehead atoms. The van der Waals surface area contributed by atoms with Crippen LogP contribution in [0.2, 0.25) is 0 Å². The number of methoxy groups -OCH3 is 1. The summed E-state index contributed by atoms with van der Waals surface area (Å²) in [6.07, 6.45) is -0.960. The van der Waals surface area contributed by atoms with Crippen LogP contribution in [0.15, 0.2) is 0 Å². The summed E-state index contributed by atoms with van der Waals surface area (Å²) in [4.78, 5) is 10.8. The van der Waals surface area contributed by atoms with E-state index in [0.717, 1.165) is 0 Å². The molecule has 0 radical (unpaired) electrons. The van der Waals surface area contributed by atoms with E-state index in [1.54, 1.807) is 21.0 Å². The van der Waals surface area contributed by atoms with Crippen molar-refractivity contribution in [2.45, 2.75) is 13.0 Å². The van der Waals surface area contributed by atoms with E-state index >= 15 is 0 Å². The number of nitrogens with one attached hydrogen (secondary N) is 1. The van der Waals surface area contributed by atoms with E-state index in [1.165, 1.54) is 7.11 Å². The number of hydrogen-bond donors (Lipinski definition) is 2. The summed E-state index contributed by atoms with van der Waals surface area (Å²) < 4.78 is 4.62. The van der Waals surface area contributed by atoms with Gasteiger partial charge in [-0.1, -0.05) is 0 Å². The average molecular weight is 177 g/mol. The summed E-state index contributed by atoms with van der Waals surface area (Å²) in [5.41, 5.74) is 2.55. The smallest absolute Gasteiger partial charge is 0.450 e. The molecule has 0 heterocycles. The van der Waals surface area contributed by atoms with Crippen molar-refractivity contribution in [3.05, 3.63) is 0 Å². The number of likely N-dealkylation sites (N-methyl/N-ethyl adjacent to an activating group) is 1. The van der Waals surface area contributed by atoms with Gasteiger partial charge < -0.3 is 9.84 Å². The van der Waals surface area contributed by atoms with Gasteiger partial charge in [0.05, 0.1) is 21.2 Å². The summed E-state index contributed by atoms with van der Waals surface area (Å²) in [6, 6.07) is 0. The number of nitrogens with zero attached hydrogens (tertiary/aromatic N) is 1. The topological polar surface area (TPSA) is 58.6 Å². The zero-order valence-corrected chi connectivity index (χ0v) is 8.00. The molecule has 0 aliphatic carbocycles. The van der Waals surface area contributed by atoms with Gasteiger partial charge in [-0.2, -0.15) is 5.43 Å². The number of amides is 1. The third-order valence-corrected chi connectivity index (χ3v) is 1.30. The highest BCUT2D eigenvalue weighted by molar-refractivity contribution is 5.65. The van der Waals surface area contributed by atoms with E-state index in [1.807, 2.05) is 0 Å². The molecular formula is C7H17N2O3+. The maximum atomic E-state index is 10.8. The number of quaternary nitrogens is 1. The Labute approximate surface area is 72.5 Å². The minimum Gasteiger partial charge on any atom is -0.450 e. The van der Waals surface area contributed by atoms with Crippen LogP contribution in [0.1, 0.15) is 6.92 Å². The van der Waals surface area contributed by atoms with Gasteiger partial charge in [-0.15, -0.1) is 0 Å². The summed E-state index contributed by atoms with van der Waals surface area (Å²) in [7, 11) is 4.84. The molecule has 1 unspecified atom stereocenters. The Morgan fingerprint density at radius 1 is 1.67 bits per heavy atom. The first kappa shape index (κ1) is 11.2. The molecule has 0 spiro atoms. The summed E-state index contributed by atoms with van der Waals surface area (Å²) in [6.45, 7) is 2.11. The Bertz CT molecular complexity index is 157. The monoisotopic (exact) mass is 177 g/mol. The van der Waals surface area contributed by atoms with Crippen molar-refractivity contribution in [2.24, 2.45) is 0 Å². The van der Waals surface area contributed by atoms with Gasteiger partial charge in [0.25, 0.3) is 0 Å². The predicted molar refractivity (Wildman–Crippen MR) is 44.2 cm³/mol. The molecule has 12 heavy (non-hydrogen) atoms. The lowest BCUT2D eigenvalue weighted by atomic mass is 10.4. The largest absolute Gasteiger partial charge is 0.451 e. The number of aliphatic hydroxyl groups is 1. The number of carbonyl (C=O) groups excluding carboxylic acids is 1. The van der Waals surface area contributed by atoms with Gasteiger partial charge in [0.15, 0.2) is 0 Å². The Hall–Kier alpha value is -0.810. The number of aliphatic hydroxyl groups excluding tert-OH is 1. The van der Waals surface area contributed by atoms with Gasteiger partial charge in [-0.05, 0) is 6.92 Å². The van der Waals surface area contributed by atoms with E-state index < -0.39 is 12.2 Å². The molecule has 72 valence electrons. The van der Waals surface area contributed by atoms with Crippen LogP contribution < -0.4 is 5.43 Å². The van der Waals surface area contributed by atoms with Crippen molar-refractivity contribution < 1.29 is 19.2 Å². The maximum absolute atomic E-state index is 10.8. The average Bonchev–Trinajstić information content (AvgIpc) is 1.83. The van der Waals surface area contributed by atoms with Crippen LogP contribution in [-0.2, 0) is 4.74 Å². The molecule has 0 aromatic carbocycles. The lowest BCUT2D eigenvalue weighted by Crippen LogP contribution is -2.57. The van der Waals surface area contributed by atoms with Gasteiger partial charge in [-0.25, -0.2) is 9.39 Å². The van der Waals surface area contributed by atoms with Gasteiger partial charge in [0.1, 0.15) is 12.6 Å². The molecule has 1 atom stereocenters. The summed E-state index contributed by atoms with van der Waals surface area (Å²) >= 11 is 0. The Kier molecular flexibility index (Phi) is 3.99. The van der Waals surface area contributed by atoms with Crippen LogP contribution in [0, 0.1) is 0 Å². The first-order chi connectivity index (χ1) is 5.37. The predicted octanol–water partition coefficient (Wildman–Crippen LogP) is -0.285. The highest BCUT2D eigenvalue weighted by Crippen LogP contribution is 1.94. The van der Waals surface area contributed by atoms with E-state index in [-0.39, 0.29) is 4.59 Å². The second-order valence-corrected chi connectivity index (χ2v) is 3.32. The van der Waals surface area contributed by atoms with Crippen molar-refractivity contribution in [1.29, 1.82) is 0 Å². The minimum absolute atomic E-state index is 0.199. The van der Waals surface area contributed by atoms with Gasteiger partial charge in [0, 0.05) is 0 Å². The van der Waals surface area contributed by atoms with Crippen LogP contribution in [0.5, 0.6) is 0 Å². The van der Waals surface area contributed by atoms with Gasteiger partial charge in [0.2, 0.25) is 0 Å². The lowest BCUT2D eigenvalue weighted by molar-refractivity contribution is -0.928. The quantitative estimate of drug-likeness (QED) is 0.460. The lowest BCUT2D eigenvalue weighted by Gasteiger charge is -2.29. The van der Waals surface area contributed by atoms with Crippen LogP contribution in [0.3, 0.4) is 0 Å². The Balaban J connectivity index is 3.94. The summed E-state index contributed by atoms with van der Waals surface area (Å²) in [5.74, 6) is 0. The van der Waals surface area contributed by atoms with Crippen LogP contribution in [0.4, 0.5) is 4.79 Å². The van der Waals surface area contributed by atoms with Crippen molar-refractivity contribution >= 4 is 6.09 Å². The van der Waals surface area contributed by atoms with E-state index in [4.69, 9.17) is 5.11 Å². The molecule has 0 aromatic heterocycles. The first-order valence-electron chi connectivity index (χ1n) is 3.74. The molecule has 0 aliphatic heterocycles. The molecular weight excluding hydrogens is 160 g/mol. The van der Waals surface area contributed by atoms with Crippen LogP contribution in [0.25, 0.3) is 0 Å². The molecule has 5 nitrogen and oxygen atoms in total. The second-order valence-electron chi connectivity index (χ2n) is 3.32. The highest BCUT2D eigenvalue weighted by atomic mass is 16.5. The van der Waals surface area contributed by atoms with Gasteiger partial charge in [-0.3, -0.25) is 0 Å². The first-order valence-corrected chi connectivity index (χ1v) is 3.74. The van der Waals surface area contributed by atoms with Crippen LogP contribution in [-0.4, -0.2) is 49.6 Å². The molecule has 5 heteroatoms. The molecule has 0 aliphatic rings. The fraction of sp³-hybridized carbons (Fsp3) is 0.857. The zero-order chi connectivity index (χ0) is 9.78. The molecule has 0 fully saturated rings. The van der Waals surface area contributed by atoms with E-state index in [9.17, 15) is 4.79 Å². The molecule has 1 amide bonds. The summed E-state index contributed by atoms with van der Waals surface area (Å²) in [5, 5.41) is 9.07. The van der Waals surface area contributed by atoms with E-state index in [2.05, 4.69) is 10.2 Å². The third kappa shape index (κ3) is 4.92. The van der Waals surface area contributed by atoms with Crippen molar-refractivity contribution in [3.8, 4) is 0 Å². The SMILES string of the molecule is COC(=O)N[N+](C)(C)CC(C)O. The van der Waals surface area contributed by atoms with Crippen molar-refractivity contribution in [3.63, 3.8) is 0 Å². The number of carbonyl (C=O) groups is 1. The van der Waals surface area contributed by atoms with Crippen molar-refractivity contribution in [2.75, 3.05) is 27.7 Å². The molecule has 0 aromatic rings. The number of rotatable bonds is 3. The Morgan fingerprint density at radius 3 is 2.50 bits per heavy atom. The van der Waals surface area contributed by atoms with Crippen molar-refractivity contribution in [1.82, 2.24) is 5.43 Å². The molecule has 0 saturated carbocycles. The molecule has 2 N–H and O–H groups in total. The minimum atomic E-state index is -0.499. The standard InChI is InChI=1S/C7H16N2O3/c1-6(10)5-9(2,3)8-7(11)12-4/h6,10H,5H2,1-4H3/p+1. The third-order valence-electron chi connectivity index (χ3n) is 1.30. The number of ether oxygens (including phenoxy) is 1. The number of hydrogen-bond acceptors (Lipinski definition) is 3.